The molecule has 0 radical (unpaired) electrons. The van der Waals surface area contributed by atoms with Crippen LogP contribution in [-0.4, -0.2) is 30.9 Å². The van der Waals surface area contributed by atoms with Crippen molar-refractivity contribution in [1.29, 1.82) is 0 Å². The van der Waals surface area contributed by atoms with Crippen LogP contribution in [0.3, 0.4) is 0 Å². The second-order valence-electron chi connectivity index (χ2n) is 5.37. The summed E-state index contributed by atoms with van der Waals surface area (Å²) >= 11 is 0. The van der Waals surface area contributed by atoms with Crippen molar-refractivity contribution in [3.05, 3.63) is 35.4 Å². The van der Waals surface area contributed by atoms with Gasteiger partial charge in [0.05, 0.1) is 5.56 Å². The van der Waals surface area contributed by atoms with Crippen LogP contribution in [0.25, 0.3) is 0 Å². The molecule has 1 heterocycles. The molecule has 3 nitrogen and oxygen atoms in total. The summed E-state index contributed by atoms with van der Waals surface area (Å²) in [5, 5.41) is 3.17. The number of carbonyl (C=O) groups is 1. The highest BCUT2D eigenvalue weighted by atomic mass is 19.4. The number of nitrogens with zero attached hydrogens (tertiary/aromatic N) is 1. The molecule has 0 unspecified atom stereocenters. The molecule has 0 aromatic heterocycles. The molecule has 6 heteroatoms. The zero-order valence-corrected chi connectivity index (χ0v) is 11.9. The number of carbonyl (C=O) groups excluding carboxylic acids is 1. The number of halogens is 3. The van der Waals surface area contributed by atoms with Gasteiger partial charge in [-0.15, -0.1) is 0 Å². The molecule has 1 aliphatic heterocycles. The first-order valence-corrected chi connectivity index (χ1v) is 7.00. The Kier molecular flexibility index (Phi) is 4.88. The normalized spacial score (nSPS) is 16.8. The van der Waals surface area contributed by atoms with Gasteiger partial charge in [0.15, 0.2) is 0 Å². The standard InChI is InChI=1S/C15H19F3N2O/c1-20(14(21)11-6-8-19-9-7-11)10-12-4-2-3-5-13(12)15(16,17)18/h2-5,11,19H,6-10H2,1H3. The number of alkyl halides is 3. The number of hydrogen-bond acceptors (Lipinski definition) is 2. The molecule has 0 atom stereocenters. The van der Waals surface area contributed by atoms with Crippen molar-refractivity contribution in [2.75, 3.05) is 20.1 Å². The number of nitrogens with one attached hydrogen (secondary N) is 1. The number of amides is 1. The minimum Gasteiger partial charge on any atom is -0.341 e. The van der Waals surface area contributed by atoms with Gasteiger partial charge in [0, 0.05) is 19.5 Å². The Hall–Kier alpha value is -1.56. The molecule has 0 saturated carbocycles. The van der Waals surface area contributed by atoms with Gasteiger partial charge in [-0.25, -0.2) is 0 Å². The Morgan fingerprint density at radius 3 is 2.52 bits per heavy atom. The summed E-state index contributed by atoms with van der Waals surface area (Å²) in [6.07, 6.45) is -2.91. The van der Waals surface area contributed by atoms with E-state index in [1.165, 1.54) is 17.0 Å². The van der Waals surface area contributed by atoms with Crippen LogP contribution in [0.5, 0.6) is 0 Å². The lowest BCUT2D eigenvalue weighted by Crippen LogP contribution is -2.39. The lowest BCUT2D eigenvalue weighted by Gasteiger charge is -2.27. The van der Waals surface area contributed by atoms with E-state index in [1.807, 2.05) is 0 Å². The summed E-state index contributed by atoms with van der Waals surface area (Å²) in [4.78, 5) is 13.7. The van der Waals surface area contributed by atoms with E-state index in [9.17, 15) is 18.0 Å². The van der Waals surface area contributed by atoms with Crippen molar-refractivity contribution in [2.24, 2.45) is 5.92 Å². The van der Waals surface area contributed by atoms with E-state index in [0.717, 1.165) is 32.0 Å². The van der Waals surface area contributed by atoms with Gasteiger partial charge in [-0.2, -0.15) is 13.2 Å². The molecule has 1 aliphatic rings. The van der Waals surface area contributed by atoms with Crippen molar-refractivity contribution >= 4 is 5.91 Å². The number of rotatable bonds is 3. The van der Waals surface area contributed by atoms with E-state index in [1.54, 1.807) is 13.1 Å². The van der Waals surface area contributed by atoms with Gasteiger partial charge in [0.1, 0.15) is 0 Å². The van der Waals surface area contributed by atoms with Crippen LogP contribution >= 0.6 is 0 Å². The van der Waals surface area contributed by atoms with Crippen LogP contribution in [-0.2, 0) is 17.5 Å². The predicted octanol–water partition coefficient (Wildman–Crippen LogP) is 2.66. The fourth-order valence-corrected chi connectivity index (χ4v) is 2.65. The molecule has 1 aromatic rings. The molecule has 21 heavy (non-hydrogen) atoms. The molecular weight excluding hydrogens is 281 g/mol. The van der Waals surface area contributed by atoms with Crippen LogP contribution in [0.4, 0.5) is 13.2 Å². The first-order chi connectivity index (χ1) is 9.89. The Morgan fingerprint density at radius 2 is 1.90 bits per heavy atom. The highest BCUT2D eigenvalue weighted by molar-refractivity contribution is 5.78. The van der Waals surface area contributed by atoms with Gasteiger partial charge in [0.25, 0.3) is 0 Å². The maximum absolute atomic E-state index is 12.9. The van der Waals surface area contributed by atoms with E-state index < -0.39 is 11.7 Å². The van der Waals surface area contributed by atoms with E-state index in [-0.39, 0.29) is 23.9 Å². The van der Waals surface area contributed by atoms with Crippen LogP contribution in [0.15, 0.2) is 24.3 Å². The number of piperidine rings is 1. The first-order valence-electron chi connectivity index (χ1n) is 7.00. The summed E-state index contributed by atoms with van der Waals surface area (Å²) in [7, 11) is 1.57. The molecule has 1 amide bonds. The molecule has 1 saturated heterocycles. The topological polar surface area (TPSA) is 32.3 Å². The average Bonchev–Trinajstić information content (AvgIpc) is 2.47. The molecule has 0 bridgehead atoms. The second-order valence-corrected chi connectivity index (χ2v) is 5.37. The third-order valence-electron chi connectivity index (χ3n) is 3.79. The number of hydrogen-bond donors (Lipinski definition) is 1. The largest absolute Gasteiger partial charge is 0.416 e. The molecule has 1 aromatic carbocycles. The van der Waals surface area contributed by atoms with Crippen molar-refractivity contribution in [2.45, 2.75) is 25.6 Å². The Balaban J connectivity index is 2.09. The van der Waals surface area contributed by atoms with Crippen molar-refractivity contribution in [3.63, 3.8) is 0 Å². The lowest BCUT2D eigenvalue weighted by molar-refractivity contribution is -0.140. The third-order valence-corrected chi connectivity index (χ3v) is 3.79. The van der Waals surface area contributed by atoms with Gasteiger partial charge in [-0.1, -0.05) is 18.2 Å². The van der Waals surface area contributed by atoms with Crippen LogP contribution in [0, 0.1) is 5.92 Å². The van der Waals surface area contributed by atoms with Crippen LogP contribution < -0.4 is 5.32 Å². The highest BCUT2D eigenvalue weighted by Gasteiger charge is 2.33. The Labute approximate surface area is 122 Å². The van der Waals surface area contributed by atoms with E-state index >= 15 is 0 Å². The Morgan fingerprint density at radius 1 is 1.29 bits per heavy atom. The molecule has 1 fully saturated rings. The predicted molar refractivity (Wildman–Crippen MR) is 73.5 cm³/mol. The molecule has 0 aliphatic carbocycles. The van der Waals surface area contributed by atoms with Crippen molar-refractivity contribution in [1.82, 2.24) is 10.2 Å². The molecular formula is C15H19F3N2O. The molecule has 2 rings (SSSR count). The fraction of sp³-hybridized carbons (Fsp3) is 0.533. The van der Waals surface area contributed by atoms with Crippen LogP contribution in [0.1, 0.15) is 24.0 Å². The highest BCUT2D eigenvalue weighted by Crippen LogP contribution is 2.32. The van der Waals surface area contributed by atoms with Crippen LogP contribution in [0.2, 0.25) is 0 Å². The zero-order valence-electron chi connectivity index (χ0n) is 11.9. The number of benzene rings is 1. The summed E-state index contributed by atoms with van der Waals surface area (Å²) < 4.78 is 38.8. The quantitative estimate of drug-likeness (QED) is 0.931. The maximum Gasteiger partial charge on any atom is 0.416 e. The minimum atomic E-state index is -4.39. The van der Waals surface area contributed by atoms with E-state index in [4.69, 9.17) is 0 Å². The lowest BCUT2D eigenvalue weighted by atomic mass is 9.96. The van der Waals surface area contributed by atoms with Gasteiger partial charge in [0.2, 0.25) is 5.91 Å². The smallest absolute Gasteiger partial charge is 0.341 e. The van der Waals surface area contributed by atoms with Gasteiger partial charge in [-0.05, 0) is 37.6 Å². The monoisotopic (exact) mass is 300 g/mol. The summed E-state index contributed by atoms with van der Waals surface area (Å²) in [6.45, 7) is 1.55. The maximum atomic E-state index is 12.9. The van der Waals surface area contributed by atoms with Gasteiger partial charge < -0.3 is 10.2 Å². The van der Waals surface area contributed by atoms with Crippen molar-refractivity contribution in [3.8, 4) is 0 Å². The average molecular weight is 300 g/mol. The zero-order chi connectivity index (χ0) is 15.5. The van der Waals surface area contributed by atoms with E-state index in [0.29, 0.717) is 0 Å². The first kappa shape index (κ1) is 15.8. The summed E-state index contributed by atoms with van der Waals surface area (Å²) in [5.74, 6) is -0.164. The minimum absolute atomic E-state index is 0.0154. The second kappa shape index (κ2) is 6.47. The molecule has 1 N–H and O–H groups in total. The SMILES string of the molecule is CN(Cc1ccccc1C(F)(F)F)C(=O)C1CCNCC1. The Bertz CT molecular complexity index is 496. The van der Waals surface area contributed by atoms with Gasteiger partial charge in [-0.3, -0.25) is 4.79 Å². The third kappa shape index (κ3) is 3.97. The molecule has 116 valence electrons. The van der Waals surface area contributed by atoms with E-state index in [2.05, 4.69) is 5.32 Å². The van der Waals surface area contributed by atoms with Gasteiger partial charge >= 0.3 is 6.18 Å². The summed E-state index contributed by atoms with van der Waals surface area (Å²) in [6, 6.07) is 5.40. The van der Waals surface area contributed by atoms with Crippen molar-refractivity contribution < 1.29 is 18.0 Å². The fourth-order valence-electron chi connectivity index (χ4n) is 2.65. The molecule has 0 spiro atoms. The summed E-state index contributed by atoms with van der Waals surface area (Å²) in [5.41, 5.74) is -0.537.